The van der Waals surface area contributed by atoms with Crippen molar-refractivity contribution in [3.05, 3.63) is 0 Å². The number of carbonyl (C=O) groups is 2. The molecular weight excluding hydrogens is 266 g/mol. The second-order valence-electron chi connectivity index (χ2n) is 6.04. The lowest BCUT2D eigenvalue weighted by atomic mass is 10.2. The summed E-state index contributed by atoms with van der Waals surface area (Å²) in [5.41, 5.74) is 0. The summed E-state index contributed by atoms with van der Waals surface area (Å²) in [7, 11) is -1.07. The largest absolute Gasteiger partial charge is 0.504 e. The molecule has 0 saturated heterocycles. The molecule has 2 N–H and O–H groups in total. The van der Waals surface area contributed by atoms with Crippen LogP contribution in [0.3, 0.4) is 0 Å². The van der Waals surface area contributed by atoms with E-state index < -0.39 is 32.5 Å². The molecule has 0 heterocycles. The average Bonchev–Trinajstić information content (AvgIpc) is 2.22. The van der Waals surface area contributed by atoms with E-state index in [-0.39, 0.29) is 5.04 Å². The molecule has 0 aromatic carbocycles. The van der Waals surface area contributed by atoms with Crippen LogP contribution in [-0.2, 0) is 14.0 Å². The zero-order chi connectivity index (χ0) is 15.4. The molecule has 0 aromatic heterocycles. The summed E-state index contributed by atoms with van der Waals surface area (Å²) in [6.45, 7) is 11.2. The van der Waals surface area contributed by atoms with Crippen molar-refractivity contribution >= 4 is 20.4 Å². The zero-order valence-electron chi connectivity index (χ0n) is 12.7. The first-order chi connectivity index (χ1) is 8.42. The van der Waals surface area contributed by atoms with Gasteiger partial charge in [-0.15, -0.1) is 0 Å². The molecule has 0 saturated carbocycles. The van der Waals surface area contributed by atoms with Crippen molar-refractivity contribution in [2.45, 2.75) is 58.0 Å². The molecule has 19 heavy (non-hydrogen) atoms. The fourth-order valence-corrected chi connectivity index (χ4v) is 1.87. The minimum Gasteiger partial charge on any atom is -0.504 e. The highest BCUT2D eigenvalue weighted by Gasteiger charge is 2.41. The number of carbonyl (C=O) groups excluding carboxylic acids is 2. The molecule has 0 radical (unpaired) electrons. The van der Waals surface area contributed by atoms with E-state index in [0.29, 0.717) is 0 Å². The molecule has 0 aliphatic heterocycles. The van der Waals surface area contributed by atoms with Crippen LogP contribution in [-0.4, -0.2) is 44.7 Å². The minimum atomic E-state index is -2.26. The summed E-state index contributed by atoms with van der Waals surface area (Å²) in [6, 6.07) is -1.12. The maximum Gasteiger partial charge on any atom is 0.394 e. The highest BCUT2D eigenvalue weighted by Crippen LogP contribution is 2.36. The predicted molar refractivity (Wildman–Crippen MR) is 74.3 cm³/mol. The van der Waals surface area contributed by atoms with Crippen LogP contribution in [0.25, 0.3) is 0 Å². The molecule has 0 unspecified atom stereocenters. The summed E-state index contributed by atoms with van der Waals surface area (Å²) in [4.78, 5) is 23.2. The Hall–Kier alpha value is -1.08. The summed E-state index contributed by atoms with van der Waals surface area (Å²) in [5.74, 6) is -0.706. The van der Waals surface area contributed by atoms with Crippen LogP contribution in [0.1, 0.15) is 27.7 Å². The van der Waals surface area contributed by atoms with E-state index in [1.165, 1.54) is 14.0 Å². The van der Waals surface area contributed by atoms with E-state index in [1.807, 2.05) is 33.9 Å². The Balaban J connectivity index is 4.73. The molecule has 6 nitrogen and oxygen atoms in total. The van der Waals surface area contributed by atoms with Gasteiger partial charge in [-0.05, 0) is 25.1 Å². The third-order valence-corrected chi connectivity index (χ3v) is 7.67. The van der Waals surface area contributed by atoms with E-state index >= 15 is 0 Å². The number of hydrogen-bond donors (Lipinski definition) is 2. The maximum absolute atomic E-state index is 11.8. The average molecular weight is 291 g/mol. The van der Waals surface area contributed by atoms with Crippen LogP contribution in [0, 0.1) is 0 Å². The number of rotatable bonds is 4. The Morgan fingerprint density at radius 3 is 2.05 bits per heavy atom. The van der Waals surface area contributed by atoms with Crippen LogP contribution >= 0.6 is 0 Å². The SMILES string of the molecule is COC(=O)[C@@H](NC(=O)O[Si](C)(C)C(C)(C)C)[C@@H](C)O. The minimum absolute atomic E-state index is 0.129. The molecule has 0 aliphatic rings. The quantitative estimate of drug-likeness (QED) is 0.607. The smallest absolute Gasteiger partial charge is 0.394 e. The lowest BCUT2D eigenvalue weighted by Gasteiger charge is -2.35. The molecule has 0 fully saturated rings. The van der Waals surface area contributed by atoms with Crippen molar-refractivity contribution in [3.63, 3.8) is 0 Å². The van der Waals surface area contributed by atoms with Crippen LogP contribution in [0.2, 0.25) is 18.1 Å². The molecule has 0 rings (SSSR count). The first-order valence-corrected chi connectivity index (χ1v) is 9.08. The van der Waals surface area contributed by atoms with E-state index in [9.17, 15) is 14.7 Å². The van der Waals surface area contributed by atoms with Gasteiger partial charge in [0.25, 0.3) is 8.32 Å². The Morgan fingerprint density at radius 1 is 1.26 bits per heavy atom. The molecule has 112 valence electrons. The van der Waals surface area contributed by atoms with Gasteiger partial charge in [0.1, 0.15) is 0 Å². The van der Waals surface area contributed by atoms with Gasteiger partial charge >= 0.3 is 12.1 Å². The van der Waals surface area contributed by atoms with E-state index in [2.05, 4.69) is 10.1 Å². The molecule has 0 aromatic rings. The summed E-state index contributed by atoms with van der Waals surface area (Å²) in [5, 5.41) is 11.7. The van der Waals surface area contributed by atoms with Crippen molar-refractivity contribution in [1.82, 2.24) is 5.32 Å². The van der Waals surface area contributed by atoms with Crippen molar-refractivity contribution < 1.29 is 23.9 Å². The standard InChI is InChI=1S/C12H25NO5Si/c1-8(14)9(10(15)17-5)13-11(16)18-19(6,7)12(2,3)4/h8-9,14H,1-7H3,(H,13,16)/t8-,9+/m1/s1. The summed E-state index contributed by atoms with van der Waals surface area (Å²) < 4.78 is 9.96. The third-order valence-electron chi connectivity index (χ3n) is 3.36. The highest BCUT2D eigenvalue weighted by molar-refractivity contribution is 6.75. The lowest BCUT2D eigenvalue weighted by Crippen LogP contribution is -2.52. The second-order valence-corrected chi connectivity index (χ2v) is 10.8. The van der Waals surface area contributed by atoms with Gasteiger partial charge in [-0.2, -0.15) is 0 Å². The van der Waals surface area contributed by atoms with E-state index in [1.54, 1.807) is 0 Å². The molecule has 1 amide bonds. The highest BCUT2D eigenvalue weighted by atomic mass is 28.4. The third kappa shape index (κ3) is 5.20. The molecule has 0 bridgehead atoms. The van der Waals surface area contributed by atoms with Crippen molar-refractivity contribution in [3.8, 4) is 0 Å². The Bertz CT molecular complexity index is 336. The van der Waals surface area contributed by atoms with Gasteiger partial charge in [0.2, 0.25) is 0 Å². The number of aliphatic hydroxyl groups excluding tert-OH is 1. The molecule has 0 aliphatic carbocycles. The van der Waals surface area contributed by atoms with Crippen LogP contribution in [0.15, 0.2) is 0 Å². The number of esters is 1. The van der Waals surface area contributed by atoms with E-state index in [0.717, 1.165) is 0 Å². The Kier molecular flexibility index (Phi) is 6.02. The summed E-state index contributed by atoms with van der Waals surface area (Å²) in [6.07, 6.45) is -1.76. The van der Waals surface area contributed by atoms with Crippen LogP contribution < -0.4 is 5.32 Å². The molecular formula is C12H25NO5Si. The number of hydrogen-bond acceptors (Lipinski definition) is 5. The zero-order valence-corrected chi connectivity index (χ0v) is 13.7. The number of nitrogens with one attached hydrogen (secondary N) is 1. The van der Waals surface area contributed by atoms with Gasteiger partial charge in [0.05, 0.1) is 13.2 Å². The van der Waals surface area contributed by atoms with Crippen molar-refractivity contribution in [1.29, 1.82) is 0 Å². The number of aliphatic hydroxyl groups is 1. The maximum atomic E-state index is 11.8. The normalized spacial score (nSPS) is 15.4. The van der Waals surface area contributed by atoms with Gasteiger partial charge in [0, 0.05) is 0 Å². The Morgan fingerprint density at radius 2 is 1.74 bits per heavy atom. The molecule has 2 atom stereocenters. The lowest BCUT2D eigenvalue weighted by molar-refractivity contribution is -0.145. The monoisotopic (exact) mass is 291 g/mol. The van der Waals surface area contributed by atoms with Gasteiger partial charge in [-0.1, -0.05) is 20.8 Å². The number of methoxy groups -OCH3 is 1. The molecule has 7 heteroatoms. The van der Waals surface area contributed by atoms with Gasteiger partial charge in [-0.3, -0.25) is 0 Å². The van der Waals surface area contributed by atoms with Crippen molar-refractivity contribution in [2.24, 2.45) is 0 Å². The molecule has 0 spiro atoms. The van der Waals surface area contributed by atoms with Gasteiger partial charge in [-0.25, -0.2) is 9.59 Å². The number of ether oxygens (including phenoxy) is 1. The fourth-order valence-electron chi connectivity index (χ4n) is 1.04. The first kappa shape index (κ1) is 17.9. The topological polar surface area (TPSA) is 84.9 Å². The van der Waals surface area contributed by atoms with Gasteiger partial charge in [0.15, 0.2) is 6.04 Å². The second kappa shape index (κ2) is 6.38. The summed E-state index contributed by atoms with van der Waals surface area (Å²) >= 11 is 0. The van der Waals surface area contributed by atoms with Crippen LogP contribution in [0.4, 0.5) is 4.79 Å². The predicted octanol–water partition coefficient (Wildman–Crippen LogP) is 1.64. The first-order valence-electron chi connectivity index (χ1n) is 6.18. The number of amides is 1. The van der Waals surface area contributed by atoms with E-state index in [4.69, 9.17) is 4.43 Å². The van der Waals surface area contributed by atoms with Crippen LogP contribution in [0.5, 0.6) is 0 Å². The fraction of sp³-hybridized carbons (Fsp3) is 0.833. The Labute approximate surface area is 115 Å². The van der Waals surface area contributed by atoms with Gasteiger partial charge < -0.3 is 19.6 Å². The van der Waals surface area contributed by atoms with Crippen molar-refractivity contribution in [2.75, 3.05) is 7.11 Å².